The van der Waals surface area contributed by atoms with Crippen LogP contribution in [0, 0.1) is 0 Å². The fourth-order valence-electron chi connectivity index (χ4n) is 1.20. The summed E-state index contributed by atoms with van der Waals surface area (Å²) in [6.07, 6.45) is 0. The molecule has 0 spiro atoms. The van der Waals surface area contributed by atoms with Gasteiger partial charge in [0.05, 0.1) is 0 Å². The number of benzene rings is 1. The van der Waals surface area contributed by atoms with E-state index in [1.165, 1.54) is 0 Å². The van der Waals surface area contributed by atoms with Crippen LogP contribution in [-0.4, -0.2) is 21.1 Å². The van der Waals surface area contributed by atoms with Crippen LogP contribution in [0.3, 0.4) is 0 Å². The van der Waals surface area contributed by atoms with Crippen molar-refractivity contribution in [2.45, 2.75) is 0 Å². The normalized spacial score (nSPS) is 10.1. The molecule has 6 heteroatoms. The topological polar surface area (TPSA) is 105 Å². The van der Waals surface area contributed by atoms with Gasteiger partial charge in [-0.3, -0.25) is 9.89 Å². The molecule has 1 aromatic heterocycles. The summed E-state index contributed by atoms with van der Waals surface area (Å²) < 4.78 is 0. The van der Waals surface area contributed by atoms with E-state index in [-0.39, 0.29) is 0 Å². The van der Waals surface area contributed by atoms with Gasteiger partial charge in [-0.25, -0.2) is 9.89 Å². The van der Waals surface area contributed by atoms with E-state index < -0.39 is 11.6 Å². The molecule has 0 fully saturated rings. The molecule has 0 unspecified atom stereocenters. The Morgan fingerprint density at radius 3 is 2.33 bits per heavy atom. The molecule has 0 aliphatic rings. The first kappa shape index (κ1) is 9.20. The van der Waals surface area contributed by atoms with Crippen molar-refractivity contribution >= 4 is 5.91 Å². The molecule has 0 saturated heterocycles. The van der Waals surface area contributed by atoms with Crippen LogP contribution in [0.25, 0.3) is 11.4 Å². The van der Waals surface area contributed by atoms with E-state index in [1.807, 2.05) is 0 Å². The van der Waals surface area contributed by atoms with Gasteiger partial charge in [-0.2, -0.15) is 4.98 Å². The number of nitrogens with one attached hydrogen (secondary N) is 2. The molecule has 2 aromatic rings. The van der Waals surface area contributed by atoms with Crippen molar-refractivity contribution in [3.05, 3.63) is 40.3 Å². The molecule has 0 radical (unpaired) electrons. The Hall–Kier alpha value is -2.37. The molecule has 1 amide bonds. The van der Waals surface area contributed by atoms with Crippen molar-refractivity contribution in [1.82, 2.24) is 15.2 Å². The summed E-state index contributed by atoms with van der Waals surface area (Å²) in [6, 6.07) is 6.47. The van der Waals surface area contributed by atoms with Crippen LogP contribution in [-0.2, 0) is 0 Å². The molecule has 76 valence electrons. The second-order valence-electron chi connectivity index (χ2n) is 2.96. The van der Waals surface area contributed by atoms with Crippen molar-refractivity contribution in [3.8, 4) is 11.4 Å². The van der Waals surface area contributed by atoms with Gasteiger partial charge in [-0.15, -0.1) is 0 Å². The highest BCUT2D eigenvalue weighted by atomic mass is 16.1. The van der Waals surface area contributed by atoms with Gasteiger partial charge >= 0.3 is 5.69 Å². The first-order valence-corrected chi connectivity index (χ1v) is 4.22. The number of aromatic amines is 2. The van der Waals surface area contributed by atoms with Crippen LogP contribution < -0.4 is 11.4 Å². The Morgan fingerprint density at radius 1 is 1.20 bits per heavy atom. The molecule has 0 bridgehead atoms. The molecule has 0 atom stereocenters. The Balaban J connectivity index is 2.39. The van der Waals surface area contributed by atoms with E-state index in [4.69, 9.17) is 5.73 Å². The summed E-state index contributed by atoms with van der Waals surface area (Å²) in [4.78, 5) is 25.2. The fourth-order valence-corrected chi connectivity index (χ4v) is 1.20. The number of rotatable bonds is 2. The summed E-state index contributed by atoms with van der Waals surface area (Å²) >= 11 is 0. The molecule has 0 aliphatic heterocycles. The van der Waals surface area contributed by atoms with Gasteiger partial charge in [0.15, 0.2) is 5.82 Å². The number of aromatic nitrogens is 3. The Morgan fingerprint density at radius 2 is 1.87 bits per heavy atom. The van der Waals surface area contributed by atoms with Crippen molar-refractivity contribution in [1.29, 1.82) is 0 Å². The number of hydrogen-bond donors (Lipinski definition) is 3. The average molecular weight is 204 g/mol. The molecular formula is C9H8N4O2. The van der Waals surface area contributed by atoms with Crippen LogP contribution in [0.2, 0.25) is 0 Å². The number of nitrogens with zero attached hydrogens (tertiary/aromatic N) is 1. The van der Waals surface area contributed by atoms with Crippen molar-refractivity contribution in [2.75, 3.05) is 0 Å². The van der Waals surface area contributed by atoms with Gasteiger partial charge in [0.1, 0.15) is 0 Å². The summed E-state index contributed by atoms with van der Waals surface area (Å²) in [5.74, 6) is -0.0620. The number of amides is 1. The quantitative estimate of drug-likeness (QED) is 0.634. The molecule has 2 rings (SSSR count). The standard InChI is InChI=1S/C9H8N4O2/c10-7(14)5-1-3-6(4-2-5)8-11-9(15)13-12-8/h1-4H,(H2,10,14)(H2,11,12,13,15). The molecular weight excluding hydrogens is 196 g/mol. The monoisotopic (exact) mass is 204 g/mol. The van der Waals surface area contributed by atoms with Gasteiger partial charge in [-0.05, 0) is 12.1 Å². The molecule has 1 heterocycles. The molecule has 6 nitrogen and oxygen atoms in total. The van der Waals surface area contributed by atoms with Crippen LogP contribution in [0.4, 0.5) is 0 Å². The van der Waals surface area contributed by atoms with Gasteiger partial charge < -0.3 is 5.73 Å². The van der Waals surface area contributed by atoms with Crippen LogP contribution in [0.15, 0.2) is 29.1 Å². The van der Waals surface area contributed by atoms with Gasteiger partial charge in [0.2, 0.25) is 5.91 Å². The van der Waals surface area contributed by atoms with E-state index >= 15 is 0 Å². The van der Waals surface area contributed by atoms with Gasteiger partial charge in [0, 0.05) is 11.1 Å². The third-order valence-electron chi connectivity index (χ3n) is 1.94. The minimum absolute atomic E-state index is 0.414. The van der Waals surface area contributed by atoms with Crippen molar-refractivity contribution in [2.24, 2.45) is 5.73 Å². The molecule has 0 aliphatic carbocycles. The van der Waals surface area contributed by atoms with Crippen LogP contribution >= 0.6 is 0 Å². The van der Waals surface area contributed by atoms with Crippen LogP contribution in [0.1, 0.15) is 10.4 Å². The molecule has 15 heavy (non-hydrogen) atoms. The SMILES string of the molecule is NC(=O)c1ccc(-c2nc(=O)[nH][nH]2)cc1. The zero-order valence-corrected chi connectivity index (χ0v) is 7.65. The Kier molecular flexibility index (Phi) is 2.09. The molecule has 1 aromatic carbocycles. The summed E-state index contributed by atoms with van der Waals surface area (Å²) in [5, 5.41) is 4.93. The number of primary amides is 1. The lowest BCUT2D eigenvalue weighted by Gasteiger charge is -1.97. The fraction of sp³-hybridized carbons (Fsp3) is 0. The highest BCUT2D eigenvalue weighted by Crippen LogP contribution is 2.13. The largest absolute Gasteiger partial charge is 0.366 e. The first-order chi connectivity index (χ1) is 7.16. The summed E-state index contributed by atoms with van der Waals surface area (Å²) in [5.41, 5.74) is 5.77. The minimum atomic E-state index is -0.489. The van der Waals surface area contributed by atoms with Crippen molar-refractivity contribution < 1.29 is 4.79 Å². The average Bonchev–Trinajstić information content (AvgIpc) is 2.65. The number of nitrogens with two attached hydrogens (primary N) is 1. The lowest BCUT2D eigenvalue weighted by Crippen LogP contribution is -2.10. The number of H-pyrrole nitrogens is 2. The lowest BCUT2D eigenvalue weighted by atomic mass is 10.1. The maximum Gasteiger partial charge on any atom is 0.361 e. The van der Waals surface area contributed by atoms with Gasteiger partial charge in [0.25, 0.3) is 0 Å². The third kappa shape index (κ3) is 1.78. The van der Waals surface area contributed by atoms with Crippen molar-refractivity contribution in [3.63, 3.8) is 0 Å². The maximum atomic E-state index is 10.8. The predicted molar refractivity (Wildman–Crippen MR) is 53.2 cm³/mol. The second kappa shape index (κ2) is 3.41. The third-order valence-corrected chi connectivity index (χ3v) is 1.94. The maximum absolute atomic E-state index is 10.8. The van der Waals surface area contributed by atoms with E-state index in [0.717, 1.165) is 0 Å². The number of carbonyl (C=O) groups excluding carboxylic acids is 1. The number of hydrogen-bond acceptors (Lipinski definition) is 3. The molecule has 4 N–H and O–H groups in total. The summed E-state index contributed by atoms with van der Waals surface area (Å²) in [6.45, 7) is 0. The predicted octanol–water partition coefficient (Wildman–Crippen LogP) is -0.136. The zero-order valence-electron chi connectivity index (χ0n) is 7.65. The molecule has 0 saturated carbocycles. The zero-order chi connectivity index (χ0) is 10.8. The Labute approximate surface area is 84.1 Å². The minimum Gasteiger partial charge on any atom is -0.366 e. The van der Waals surface area contributed by atoms with E-state index in [9.17, 15) is 9.59 Å². The van der Waals surface area contributed by atoms with E-state index in [0.29, 0.717) is 17.0 Å². The summed E-state index contributed by atoms with van der Waals surface area (Å²) in [7, 11) is 0. The van der Waals surface area contributed by atoms with E-state index in [1.54, 1.807) is 24.3 Å². The highest BCUT2D eigenvalue weighted by Gasteiger charge is 2.03. The van der Waals surface area contributed by atoms with Crippen LogP contribution in [0.5, 0.6) is 0 Å². The number of carbonyl (C=O) groups is 1. The van der Waals surface area contributed by atoms with Gasteiger partial charge in [-0.1, -0.05) is 12.1 Å². The smallest absolute Gasteiger partial charge is 0.361 e. The highest BCUT2D eigenvalue weighted by molar-refractivity contribution is 5.93. The van der Waals surface area contributed by atoms with E-state index in [2.05, 4.69) is 15.2 Å². The Bertz CT molecular complexity index is 538. The first-order valence-electron chi connectivity index (χ1n) is 4.22. The second-order valence-corrected chi connectivity index (χ2v) is 2.96. The lowest BCUT2D eigenvalue weighted by molar-refractivity contribution is 0.100.